The Bertz CT molecular complexity index is 915. The number of sulfone groups is 1. The molecule has 0 radical (unpaired) electrons. The molecule has 0 fully saturated rings. The van der Waals surface area contributed by atoms with Crippen molar-refractivity contribution in [2.24, 2.45) is 0 Å². The van der Waals surface area contributed by atoms with Gasteiger partial charge in [-0.05, 0) is 52.7 Å². The lowest BCUT2D eigenvalue weighted by Gasteiger charge is -2.17. The van der Waals surface area contributed by atoms with Crippen LogP contribution in [-0.2, 0) is 9.84 Å². The number of para-hydroxylation sites is 1. The molecule has 0 bridgehead atoms. The molecule has 0 saturated carbocycles. The van der Waals surface area contributed by atoms with E-state index >= 15 is 0 Å². The number of nitrogens with one attached hydrogen (secondary N) is 1. The van der Waals surface area contributed by atoms with E-state index < -0.39 is 20.4 Å². The molecule has 0 aliphatic carbocycles. The normalized spacial score (nSPS) is 12.5. The smallest absolute Gasteiger partial charge is 0.310 e. The zero-order valence-electron chi connectivity index (χ0n) is 13.8. The second-order valence-electron chi connectivity index (χ2n) is 5.44. The lowest BCUT2D eigenvalue weighted by atomic mass is 10.1. The van der Waals surface area contributed by atoms with Gasteiger partial charge in [0.05, 0.1) is 16.5 Å². The van der Waals surface area contributed by atoms with Gasteiger partial charge in [-0.3, -0.25) is 10.1 Å². The standard InChI is InChI=1S/C16H17BrN2O5S/c1-10(11-7-8-14(24-2)12(17)9-11)18-13-5-4-6-15(25(3,22)23)16(13)19(20)21/h4-10,18H,1-3H3. The van der Waals surface area contributed by atoms with Crippen molar-refractivity contribution < 1.29 is 18.1 Å². The maximum atomic E-state index is 11.8. The van der Waals surface area contributed by atoms with E-state index in [1.165, 1.54) is 18.2 Å². The van der Waals surface area contributed by atoms with Crippen LogP contribution in [0.4, 0.5) is 11.4 Å². The average Bonchev–Trinajstić information content (AvgIpc) is 2.53. The number of ether oxygens (including phenoxy) is 1. The van der Waals surface area contributed by atoms with E-state index in [1.807, 2.05) is 19.1 Å². The molecule has 0 aliphatic rings. The summed E-state index contributed by atoms with van der Waals surface area (Å²) in [4.78, 5) is 10.4. The molecule has 0 amide bonds. The van der Waals surface area contributed by atoms with E-state index in [0.717, 1.165) is 16.3 Å². The van der Waals surface area contributed by atoms with E-state index in [1.54, 1.807) is 13.2 Å². The van der Waals surface area contributed by atoms with Crippen molar-refractivity contribution in [2.45, 2.75) is 17.9 Å². The fourth-order valence-corrected chi connectivity index (χ4v) is 3.81. The molecule has 1 N–H and O–H groups in total. The Balaban J connectivity index is 2.43. The van der Waals surface area contributed by atoms with Crippen LogP contribution >= 0.6 is 15.9 Å². The highest BCUT2D eigenvalue weighted by Crippen LogP contribution is 2.35. The predicted molar refractivity (Wildman–Crippen MR) is 98.9 cm³/mol. The molecular weight excluding hydrogens is 412 g/mol. The first-order valence-corrected chi connectivity index (χ1v) is 9.91. The molecule has 0 heterocycles. The van der Waals surface area contributed by atoms with Crippen LogP contribution in [0.5, 0.6) is 5.75 Å². The summed E-state index contributed by atoms with van der Waals surface area (Å²) in [5, 5.41) is 14.4. The number of halogens is 1. The molecule has 0 saturated heterocycles. The van der Waals surface area contributed by atoms with Crippen LogP contribution in [0.15, 0.2) is 45.8 Å². The molecule has 134 valence electrons. The Labute approximate surface area is 154 Å². The van der Waals surface area contributed by atoms with Crippen molar-refractivity contribution in [2.75, 3.05) is 18.7 Å². The molecule has 0 aromatic heterocycles. The molecule has 0 aliphatic heterocycles. The quantitative estimate of drug-likeness (QED) is 0.552. The third-order valence-corrected chi connectivity index (χ3v) is 5.38. The zero-order valence-corrected chi connectivity index (χ0v) is 16.2. The lowest BCUT2D eigenvalue weighted by Crippen LogP contribution is -2.11. The number of nitrogens with zero attached hydrogens (tertiary/aromatic N) is 1. The number of rotatable bonds is 6. The number of anilines is 1. The summed E-state index contributed by atoms with van der Waals surface area (Å²) in [6.45, 7) is 1.82. The van der Waals surface area contributed by atoms with Gasteiger partial charge in [0.1, 0.15) is 16.3 Å². The molecular formula is C16H17BrN2O5S. The van der Waals surface area contributed by atoms with Crippen LogP contribution in [0.25, 0.3) is 0 Å². The van der Waals surface area contributed by atoms with Crippen molar-refractivity contribution in [1.29, 1.82) is 0 Å². The number of methoxy groups -OCH3 is 1. The maximum absolute atomic E-state index is 11.8. The summed E-state index contributed by atoms with van der Waals surface area (Å²) >= 11 is 3.40. The molecule has 25 heavy (non-hydrogen) atoms. The Morgan fingerprint density at radius 2 is 1.96 bits per heavy atom. The van der Waals surface area contributed by atoms with E-state index in [0.29, 0.717) is 5.75 Å². The summed E-state index contributed by atoms with van der Waals surface area (Å²) in [5.74, 6) is 0.668. The minimum atomic E-state index is -3.72. The van der Waals surface area contributed by atoms with Gasteiger partial charge in [0.2, 0.25) is 0 Å². The summed E-state index contributed by atoms with van der Waals surface area (Å²) in [5.41, 5.74) is 0.545. The van der Waals surface area contributed by atoms with Gasteiger partial charge in [0.15, 0.2) is 9.84 Å². The molecule has 9 heteroatoms. The molecule has 2 rings (SSSR count). The molecule has 1 atom stereocenters. The number of hydrogen-bond acceptors (Lipinski definition) is 6. The van der Waals surface area contributed by atoms with Gasteiger partial charge < -0.3 is 10.1 Å². The first-order chi connectivity index (χ1) is 11.6. The highest BCUT2D eigenvalue weighted by Gasteiger charge is 2.26. The van der Waals surface area contributed by atoms with Crippen LogP contribution in [-0.4, -0.2) is 26.7 Å². The molecule has 0 spiro atoms. The summed E-state index contributed by atoms with van der Waals surface area (Å²) in [6.07, 6.45) is 0.948. The summed E-state index contributed by atoms with van der Waals surface area (Å²) in [6, 6.07) is 9.34. The molecule has 2 aromatic rings. The number of hydrogen-bond donors (Lipinski definition) is 1. The minimum Gasteiger partial charge on any atom is -0.496 e. The molecule has 1 unspecified atom stereocenters. The second kappa shape index (κ2) is 7.40. The Hall–Kier alpha value is -2.13. The van der Waals surface area contributed by atoms with Crippen molar-refractivity contribution in [1.82, 2.24) is 0 Å². The van der Waals surface area contributed by atoms with Crippen LogP contribution < -0.4 is 10.1 Å². The SMILES string of the molecule is COc1ccc(C(C)Nc2cccc(S(C)(=O)=O)c2[N+](=O)[O-])cc1Br. The van der Waals surface area contributed by atoms with E-state index in [-0.39, 0.29) is 16.6 Å². The van der Waals surface area contributed by atoms with E-state index in [2.05, 4.69) is 21.2 Å². The number of nitro groups is 1. The van der Waals surface area contributed by atoms with Crippen molar-refractivity contribution in [3.8, 4) is 5.75 Å². The molecule has 7 nitrogen and oxygen atoms in total. The number of nitro benzene ring substituents is 1. The summed E-state index contributed by atoms with van der Waals surface area (Å²) in [7, 11) is -2.17. The fraction of sp³-hybridized carbons (Fsp3) is 0.250. The molecule has 2 aromatic carbocycles. The first kappa shape index (κ1) is 19.2. The van der Waals surface area contributed by atoms with Gasteiger partial charge in [0, 0.05) is 12.3 Å². The van der Waals surface area contributed by atoms with Gasteiger partial charge in [0.25, 0.3) is 0 Å². The maximum Gasteiger partial charge on any atom is 0.310 e. The zero-order chi connectivity index (χ0) is 18.8. The van der Waals surface area contributed by atoms with Gasteiger partial charge in [-0.2, -0.15) is 0 Å². The Morgan fingerprint density at radius 1 is 1.28 bits per heavy atom. The third-order valence-electron chi connectivity index (χ3n) is 3.63. The van der Waals surface area contributed by atoms with Crippen LogP contribution in [0.3, 0.4) is 0 Å². The third kappa shape index (κ3) is 4.29. The van der Waals surface area contributed by atoms with Gasteiger partial charge in [-0.25, -0.2) is 8.42 Å². The Kier molecular flexibility index (Phi) is 5.69. The van der Waals surface area contributed by atoms with E-state index in [9.17, 15) is 18.5 Å². The van der Waals surface area contributed by atoms with Gasteiger partial charge in [-0.1, -0.05) is 12.1 Å². The predicted octanol–water partition coefficient (Wildman–Crippen LogP) is 3.94. The summed E-state index contributed by atoms with van der Waals surface area (Å²) < 4.78 is 29.6. The van der Waals surface area contributed by atoms with Crippen molar-refractivity contribution in [3.63, 3.8) is 0 Å². The Morgan fingerprint density at radius 3 is 2.48 bits per heavy atom. The number of benzene rings is 2. The van der Waals surface area contributed by atoms with E-state index in [4.69, 9.17) is 4.74 Å². The topological polar surface area (TPSA) is 98.5 Å². The van der Waals surface area contributed by atoms with Crippen molar-refractivity contribution >= 4 is 37.1 Å². The highest BCUT2D eigenvalue weighted by atomic mass is 79.9. The fourth-order valence-electron chi connectivity index (χ4n) is 2.39. The van der Waals surface area contributed by atoms with Gasteiger partial charge in [-0.15, -0.1) is 0 Å². The lowest BCUT2D eigenvalue weighted by molar-refractivity contribution is -0.386. The van der Waals surface area contributed by atoms with Crippen molar-refractivity contribution in [3.05, 3.63) is 56.5 Å². The van der Waals surface area contributed by atoms with Gasteiger partial charge >= 0.3 is 5.69 Å². The minimum absolute atomic E-state index is 0.146. The van der Waals surface area contributed by atoms with Crippen LogP contribution in [0.1, 0.15) is 18.5 Å². The van der Waals surface area contributed by atoms with Crippen LogP contribution in [0.2, 0.25) is 0 Å². The first-order valence-electron chi connectivity index (χ1n) is 7.22. The average molecular weight is 429 g/mol. The monoisotopic (exact) mass is 428 g/mol. The largest absolute Gasteiger partial charge is 0.496 e. The highest BCUT2D eigenvalue weighted by molar-refractivity contribution is 9.10. The van der Waals surface area contributed by atoms with Crippen LogP contribution in [0, 0.1) is 10.1 Å². The second-order valence-corrected chi connectivity index (χ2v) is 8.28.